The van der Waals surface area contributed by atoms with Crippen molar-refractivity contribution in [1.82, 2.24) is 0 Å². The highest BCUT2D eigenvalue weighted by atomic mass is 15.1. The number of anilines is 3. The molecule has 0 aromatic heterocycles. The first kappa shape index (κ1) is 12.4. The van der Waals surface area contributed by atoms with Gasteiger partial charge in [0.15, 0.2) is 0 Å². The number of benzene rings is 7. The Kier molecular flexibility index (Phi) is 3.33. The minimum atomic E-state index is -0.858. The summed E-state index contributed by atoms with van der Waals surface area (Å²) >= 11 is 0. The van der Waals surface area contributed by atoms with Gasteiger partial charge in [-0.3, -0.25) is 0 Å². The predicted molar refractivity (Wildman–Crippen MR) is 175 cm³/mol. The van der Waals surface area contributed by atoms with Crippen molar-refractivity contribution in [3.8, 4) is 33.4 Å². The van der Waals surface area contributed by atoms with Crippen LogP contribution in [0.15, 0.2) is 176 Å². The zero-order valence-corrected chi connectivity index (χ0v) is 21.4. The van der Waals surface area contributed by atoms with E-state index >= 15 is 0 Å². The van der Waals surface area contributed by atoms with E-state index in [2.05, 4.69) is 0 Å². The molecule has 7 aromatic carbocycles. The number of para-hydroxylation sites is 1. The summed E-state index contributed by atoms with van der Waals surface area (Å²) in [6, 6.07) is 8.22. The Labute approximate surface area is 265 Å². The smallest absolute Gasteiger partial charge is 0.0651 e. The monoisotopic (exact) mass is 540 g/mol. The molecule has 0 atom stereocenters. The lowest BCUT2D eigenvalue weighted by Crippen LogP contribution is -2.09. The first-order chi connectivity index (χ1) is 27.4. The topological polar surface area (TPSA) is 3.24 Å². The average molecular weight is 541 g/mol. The minimum absolute atomic E-state index is 0.0163. The van der Waals surface area contributed by atoms with Crippen molar-refractivity contribution in [3.05, 3.63) is 176 Å². The average Bonchev–Trinajstić information content (AvgIpc) is 3.22. The SMILES string of the molecule is [2H]c1c([2H])c([2H])c(-c2c([2H])c([2H])c(-c3c([2H])c([2H])c(N(c4ccccc4)c4c([2H])c([2H])c([2H])c(-c5ccc6ccccc6c5)c4[2H])c([2H])c3[2H])c([2H])c2[2H])c([2H])c1[2H]. The van der Waals surface area contributed by atoms with Crippen LogP contribution in [0.5, 0.6) is 0 Å². The van der Waals surface area contributed by atoms with E-state index in [4.69, 9.17) is 19.2 Å². The quantitative estimate of drug-likeness (QED) is 0.203. The number of rotatable bonds is 6. The van der Waals surface area contributed by atoms with Crippen molar-refractivity contribution in [2.24, 2.45) is 0 Å². The summed E-state index contributed by atoms with van der Waals surface area (Å²) in [5, 5.41) is 1.67. The second-order valence-corrected chi connectivity index (χ2v) is 8.93. The molecule has 1 heteroatoms. The molecule has 7 aromatic rings. The van der Waals surface area contributed by atoms with Crippen molar-refractivity contribution in [1.29, 1.82) is 0 Å². The van der Waals surface area contributed by atoms with E-state index < -0.39 is 131 Å². The van der Waals surface area contributed by atoms with Crippen LogP contribution in [0.2, 0.25) is 0 Å². The van der Waals surface area contributed by atoms with Crippen molar-refractivity contribution in [2.75, 3.05) is 4.90 Å². The van der Waals surface area contributed by atoms with Gasteiger partial charge in [-0.05, 0) is 86.5 Å². The summed E-state index contributed by atoms with van der Waals surface area (Å²) < 4.78 is 149. The zero-order valence-electron chi connectivity index (χ0n) is 38.4. The third kappa shape index (κ3) is 5.14. The van der Waals surface area contributed by atoms with E-state index in [0.717, 1.165) is 15.7 Å². The lowest BCUT2D eigenvalue weighted by Gasteiger charge is -2.26. The van der Waals surface area contributed by atoms with E-state index in [1.165, 1.54) is 12.1 Å². The van der Waals surface area contributed by atoms with Crippen molar-refractivity contribution in [2.45, 2.75) is 0 Å². The molecule has 0 aliphatic carbocycles. The normalized spacial score (nSPS) is 16.7. The molecule has 0 bridgehead atoms. The Morgan fingerprint density at radius 3 is 1.66 bits per heavy atom. The summed E-state index contributed by atoms with van der Waals surface area (Å²) in [6.07, 6.45) is 0. The van der Waals surface area contributed by atoms with Gasteiger partial charge in [0.25, 0.3) is 0 Å². The van der Waals surface area contributed by atoms with Crippen LogP contribution in [0.1, 0.15) is 23.3 Å². The third-order valence-electron chi connectivity index (χ3n) is 6.35. The van der Waals surface area contributed by atoms with Crippen LogP contribution >= 0.6 is 0 Å². The molecule has 0 unspecified atom stereocenters. The van der Waals surface area contributed by atoms with Crippen LogP contribution in [0.4, 0.5) is 17.1 Å². The van der Waals surface area contributed by atoms with Gasteiger partial charge >= 0.3 is 0 Å². The van der Waals surface area contributed by atoms with Gasteiger partial charge in [0.2, 0.25) is 0 Å². The zero-order chi connectivity index (χ0) is 42.2. The predicted octanol–water partition coefficient (Wildman–Crippen LogP) is 11.3. The molecule has 0 N–H and O–H groups in total. The van der Waals surface area contributed by atoms with Gasteiger partial charge in [-0.2, -0.15) is 0 Å². The van der Waals surface area contributed by atoms with Gasteiger partial charge in [0.1, 0.15) is 0 Å². The molecular formula is C40H29N. The fraction of sp³-hybridized carbons (Fsp3) is 0. The molecule has 0 saturated carbocycles. The summed E-state index contributed by atoms with van der Waals surface area (Å²) in [5.41, 5.74) is -2.73. The molecular weight excluding hydrogens is 494 g/mol. The minimum Gasteiger partial charge on any atom is -0.310 e. The van der Waals surface area contributed by atoms with Crippen LogP contribution < -0.4 is 4.90 Å². The first-order valence-corrected chi connectivity index (χ1v) is 12.6. The van der Waals surface area contributed by atoms with Crippen molar-refractivity contribution < 1.29 is 23.3 Å². The van der Waals surface area contributed by atoms with Crippen molar-refractivity contribution in [3.63, 3.8) is 0 Å². The number of hydrogen-bond acceptors (Lipinski definition) is 1. The molecule has 0 heterocycles. The maximum Gasteiger partial charge on any atom is 0.0651 e. The number of nitrogens with zero attached hydrogens (tertiary/aromatic N) is 1. The van der Waals surface area contributed by atoms with Crippen molar-refractivity contribution >= 4 is 27.8 Å². The van der Waals surface area contributed by atoms with E-state index in [9.17, 15) is 4.11 Å². The summed E-state index contributed by atoms with van der Waals surface area (Å²) in [7, 11) is 0. The van der Waals surface area contributed by atoms with Gasteiger partial charge < -0.3 is 4.90 Å². The maximum atomic E-state index is 9.45. The van der Waals surface area contributed by atoms with Crippen LogP contribution in [0, 0.1) is 0 Å². The largest absolute Gasteiger partial charge is 0.310 e. The van der Waals surface area contributed by atoms with Gasteiger partial charge in [-0.1, -0.05) is 133 Å². The summed E-state index contributed by atoms with van der Waals surface area (Å²) in [4.78, 5) is 1.13. The van der Waals surface area contributed by atoms with Gasteiger partial charge in [0, 0.05) is 17.1 Å². The van der Waals surface area contributed by atoms with E-state index in [1.54, 1.807) is 36.4 Å². The number of fused-ring (bicyclic) bond motifs is 1. The van der Waals surface area contributed by atoms with E-state index in [-0.39, 0.29) is 16.9 Å². The molecule has 7 rings (SSSR count). The Bertz CT molecular complexity index is 2790. The van der Waals surface area contributed by atoms with Gasteiger partial charge in [-0.15, -0.1) is 0 Å². The highest BCUT2D eigenvalue weighted by Crippen LogP contribution is 2.38. The van der Waals surface area contributed by atoms with Crippen LogP contribution in [0.25, 0.3) is 44.2 Å². The highest BCUT2D eigenvalue weighted by molar-refractivity contribution is 5.88. The fourth-order valence-electron chi connectivity index (χ4n) is 4.36. The Balaban J connectivity index is 1.51. The standard InChI is InChI=1S/C40H29N/c1-3-10-30(11-4-1)32-18-20-33(21-19-32)34-24-26-39(27-25-34)41(38-15-5-2-6-16-38)40-17-9-14-36(29-40)37-23-22-31-12-7-8-13-35(31)28-37/h1-29H/i1D,3D,4D,9D,10D,11D,14D,17D,18D,19D,20D,21D,24D,25D,26D,27D,29D. The Morgan fingerprint density at radius 2 is 0.951 bits per heavy atom. The lowest BCUT2D eigenvalue weighted by atomic mass is 9.99. The van der Waals surface area contributed by atoms with Gasteiger partial charge in [-0.25, -0.2) is 0 Å². The summed E-state index contributed by atoms with van der Waals surface area (Å²) in [6.45, 7) is 0. The summed E-state index contributed by atoms with van der Waals surface area (Å²) in [5.74, 6) is 0. The molecule has 0 aliphatic heterocycles. The molecule has 0 radical (unpaired) electrons. The first-order valence-electron chi connectivity index (χ1n) is 21.1. The fourth-order valence-corrected chi connectivity index (χ4v) is 4.36. The molecule has 0 spiro atoms. The molecule has 1 nitrogen and oxygen atoms in total. The molecule has 41 heavy (non-hydrogen) atoms. The Hall–Kier alpha value is -5.40. The van der Waals surface area contributed by atoms with Crippen LogP contribution in [-0.2, 0) is 0 Å². The second kappa shape index (κ2) is 11.0. The maximum absolute atomic E-state index is 9.45. The molecule has 0 aliphatic rings. The second-order valence-electron chi connectivity index (χ2n) is 8.93. The highest BCUT2D eigenvalue weighted by Gasteiger charge is 2.14. The Morgan fingerprint density at radius 1 is 0.366 bits per heavy atom. The van der Waals surface area contributed by atoms with E-state index in [1.807, 2.05) is 24.3 Å². The number of hydrogen-bond donors (Lipinski definition) is 0. The molecule has 0 fully saturated rings. The third-order valence-corrected chi connectivity index (χ3v) is 6.35. The van der Waals surface area contributed by atoms with E-state index in [0.29, 0.717) is 5.56 Å². The molecule has 0 saturated heterocycles. The van der Waals surface area contributed by atoms with Crippen LogP contribution in [0.3, 0.4) is 0 Å². The molecule has 0 amide bonds. The van der Waals surface area contributed by atoms with Crippen LogP contribution in [-0.4, -0.2) is 0 Å². The lowest BCUT2D eigenvalue weighted by molar-refractivity contribution is 1.28. The molecule has 194 valence electrons. The van der Waals surface area contributed by atoms with Gasteiger partial charge in [0.05, 0.1) is 23.3 Å².